The number of nitrogens with one attached hydrogen (secondary N) is 1. The molecular weight excluding hydrogens is 228 g/mol. The van der Waals surface area contributed by atoms with Crippen LogP contribution >= 0.6 is 0 Å². The van der Waals surface area contributed by atoms with Crippen molar-refractivity contribution < 1.29 is 4.74 Å². The Hall–Kier alpha value is -1.80. The van der Waals surface area contributed by atoms with E-state index >= 15 is 0 Å². The van der Waals surface area contributed by atoms with E-state index in [4.69, 9.17) is 15.7 Å². The van der Waals surface area contributed by atoms with Gasteiger partial charge in [0, 0.05) is 26.0 Å². The van der Waals surface area contributed by atoms with Gasteiger partial charge in [0.1, 0.15) is 6.07 Å². The van der Waals surface area contributed by atoms with E-state index < -0.39 is 0 Å². The van der Waals surface area contributed by atoms with Crippen LogP contribution in [-0.4, -0.2) is 24.7 Å². The summed E-state index contributed by atoms with van der Waals surface area (Å²) in [5, 5.41) is 12.0. The largest absolute Gasteiger partial charge is 0.395 e. The number of anilines is 2. The molecule has 18 heavy (non-hydrogen) atoms. The molecule has 5 heteroatoms. The van der Waals surface area contributed by atoms with E-state index in [-0.39, 0.29) is 0 Å². The number of ether oxygens (including phenoxy) is 1. The van der Waals surface area contributed by atoms with Crippen LogP contribution in [-0.2, 0) is 4.74 Å². The molecule has 1 fully saturated rings. The van der Waals surface area contributed by atoms with E-state index in [0.29, 0.717) is 17.1 Å². The Balaban J connectivity index is 1.67. The minimum absolute atomic E-state index is 0.416. The third-order valence-corrected chi connectivity index (χ3v) is 2.92. The second-order valence-corrected chi connectivity index (χ2v) is 4.53. The molecule has 5 nitrogen and oxygen atoms in total. The van der Waals surface area contributed by atoms with Crippen LogP contribution in [0.5, 0.6) is 0 Å². The predicted molar refractivity (Wildman–Crippen MR) is 70.0 cm³/mol. The molecule has 0 amide bonds. The Morgan fingerprint density at radius 1 is 1.56 bits per heavy atom. The topological polar surface area (TPSA) is 84.0 Å². The molecule has 96 valence electrons. The van der Waals surface area contributed by atoms with Crippen LogP contribution < -0.4 is 11.1 Å². The lowest BCUT2D eigenvalue weighted by molar-refractivity contribution is 0.124. The maximum Gasteiger partial charge on any atom is 0.150 e. The SMILES string of the molecule is N#Cc1ccnc(NCCCOCC2CC2)c1N. The zero-order valence-electron chi connectivity index (χ0n) is 10.4. The predicted octanol–water partition coefficient (Wildman–Crippen LogP) is 1.76. The fraction of sp³-hybridized carbons (Fsp3) is 0.538. The fourth-order valence-electron chi connectivity index (χ4n) is 1.63. The summed E-state index contributed by atoms with van der Waals surface area (Å²) in [6.07, 6.45) is 5.13. The van der Waals surface area contributed by atoms with Crippen molar-refractivity contribution in [1.29, 1.82) is 5.26 Å². The molecule has 0 atom stereocenters. The van der Waals surface area contributed by atoms with Gasteiger partial charge < -0.3 is 15.8 Å². The standard InChI is InChI=1S/C13H18N4O/c14-8-11-4-6-17-13(12(11)15)16-5-1-7-18-9-10-2-3-10/h4,6,10H,1-3,5,7,9,15H2,(H,16,17). The first kappa shape index (κ1) is 12.7. The van der Waals surface area contributed by atoms with E-state index in [9.17, 15) is 0 Å². The van der Waals surface area contributed by atoms with Gasteiger partial charge in [0.25, 0.3) is 0 Å². The normalized spacial score (nSPS) is 14.2. The molecule has 3 N–H and O–H groups in total. The average molecular weight is 246 g/mol. The Morgan fingerprint density at radius 2 is 2.39 bits per heavy atom. The third-order valence-electron chi connectivity index (χ3n) is 2.92. The van der Waals surface area contributed by atoms with E-state index in [1.165, 1.54) is 12.8 Å². The van der Waals surface area contributed by atoms with Gasteiger partial charge in [-0.2, -0.15) is 5.26 Å². The van der Waals surface area contributed by atoms with Crippen molar-refractivity contribution in [3.63, 3.8) is 0 Å². The van der Waals surface area contributed by atoms with Crippen molar-refractivity contribution in [2.24, 2.45) is 5.92 Å². The molecule has 1 aliphatic carbocycles. The molecule has 1 heterocycles. The van der Waals surface area contributed by atoms with Crippen molar-refractivity contribution in [1.82, 2.24) is 4.98 Å². The molecule has 0 aromatic carbocycles. The van der Waals surface area contributed by atoms with E-state index in [0.717, 1.165) is 32.1 Å². The minimum Gasteiger partial charge on any atom is -0.395 e. The lowest BCUT2D eigenvalue weighted by Gasteiger charge is -2.09. The van der Waals surface area contributed by atoms with Gasteiger partial charge in [0.05, 0.1) is 11.3 Å². The molecule has 0 bridgehead atoms. The highest BCUT2D eigenvalue weighted by Crippen LogP contribution is 2.28. The summed E-state index contributed by atoms with van der Waals surface area (Å²) in [5.74, 6) is 1.39. The molecule has 0 unspecified atom stereocenters. The summed E-state index contributed by atoms with van der Waals surface area (Å²) in [6.45, 7) is 2.39. The number of nitrogen functional groups attached to an aromatic ring is 1. The van der Waals surface area contributed by atoms with Crippen molar-refractivity contribution in [2.45, 2.75) is 19.3 Å². The molecular formula is C13H18N4O. The molecule has 0 spiro atoms. The first-order valence-corrected chi connectivity index (χ1v) is 6.27. The van der Waals surface area contributed by atoms with Crippen LogP contribution in [0.4, 0.5) is 11.5 Å². The molecule has 1 aromatic rings. The van der Waals surface area contributed by atoms with Crippen LogP contribution in [0.2, 0.25) is 0 Å². The number of nitrogens with two attached hydrogens (primary N) is 1. The van der Waals surface area contributed by atoms with E-state index in [1.54, 1.807) is 12.3 Å². The number of aromatic nitrogens is 1. The first-order valence-electron chi connectivity index (χ1n) is 6.27. The number of hydrogen-bond acceptors (Lipinski definition) is 5. The van der Waals surface area contributed by atoms with Crippen LogP contribution in [0.1, 0.15) is 24.8 Å². The number of nitriles is 1. The first-order chi connectivity index (χ1) is 8.81. The zero-order valence-corrected chi connectivity index (χ0v) is 10.4. The lowest BCUT2D eigenvalue weighted by atomic mass is 10.2. The fourth-order valence-corrected chi connectivity index (χ4v) is 1.63. The van der Waals surface area contributed by atoms with Crippen molar-refractivity contribution in [3.05, 3.63) is 17.8 Å². The summed E-state index contributed by atoms with van der Waals surface area (Å²) in [4.78, 5) is 4.11. The number of pyridine rings is 1. The Labute approximate surface area is 107 Å². The number of rotatable bonds is 7. The Kier molecular flexibility index (Phi) is 4.37. The molecule has 1 saturated carbocycles. The molecule has 0 saturated heterocycles. The monoisotopic (exact) mass is 246 g/mol. The molecule has 1 aliphatic rings. The number of hydrogen-bond donors (Lipinski definition) is 2. The van der Waals surface area contributed by atoms with Crippen LogP contribution in [0, 0.1) is 17.2 Å². The summed E-state index contributed by atoms with van der Waals surface area (Å²) >= 11 is 0. The smallest absolute Gasteiger partial charge is 0.150 e. The quantitative estimate of drug-likeness (QED) is 0.716. The van der Waals surface area contributed by atoms with Crippen LogP contribution in [0.15, 0.2) is 12.3 Å². The van der Waals surface area contributed by atoms with Gasteiger partial charge in [0.15, 0.2) is 5.82 Å². The molecule has 0 aliphatic heterocycles. The van der Waals surface area contributed by atoms with Gasteiger partial charge in [-0.05, 0) is 31.2 Å². The highest BCUT2D eigenvalue weighted by Gasteiger charge is 2.20. The lowest BCUT2D eigenvalue weighted by Crippen LogP contribution is -2.10. The van der Waals surface area contributed by atoms with E-state index in [1.807, 2.05) is 6.07 Å². The maximum absolute atomic E-state index is 8.84. The average Bonchev–Trinajstić information content (AvgIpc) is 3.19. The molecule has 1 aromatic heterocycles. The Morgan fingerprint density at radius 3 is 3.11 bits per heavy atom. The summed E-state index contributed by atoms with van der Waals surface area (Å²) in [6, 6.07) is 3.65. The second kappa shape index (κ2) is 6.22. The summed E-state index contributed by atoms with van der Waals surface area (Å²) < 4.78 is 5.53. The molecule has 0 radical (unpaired) electrons. The third kappa shape index (κ3) is 3.60. The highest BCUT2D eigenvalue weighted by atomic mass is 16.5. The van der Waals surface area contributed by atoms with Gasteiger partial charge >= 0.3 is 0 Å². The van der Waals surface area contributed by atoms with Gasteiger partial charge in [-0.15, -0.1) is 0 Å². The van der Waals surface area contributed by atoms with Gasteiger partial charge in [-0.3, -0.25) is 0 Å². The minimum atomic E-state index is 0.416. The summed E-state index contributed by atoms with van der Waals surface area (Å²) in [7, 11) is 0. The van der Waals surface area contributed by atoms with Crippen molar-refractivity contribution >= 4 is 11.5 Å². The van der Waals surface area contributed by atoms with Crippen molar-refractivity contribution in [2.75, 3.05) is 30.8 Å². The van der Waals surface area contributed by atoms with Crippen molar-refractivity contribution in [3.8, 4) is 6.07 Å². The Bertz CT molecular complexity index is 437. The number of nitrogens with zero attached hydrogens (tertiary/aromatic N) is 2. The zero-order chi connectivity index (χ0) is 12.8. The van der Waals surface area contributed by atoms with Gasteiger partial charge in [-0.25, -0.2) is 4.98 Å². The van der Waals surface area contributed by atoms with Crippen LogP contribution in [0.3, 0.4) is 0 Å². The van der Waals surface area contributed by atoms with Crippen LogP contribution in [0.25, 0.3) is 0 Å². The highest BCUT2D eigenvalue weighted by molar-refractivity contribution is 5.68. The summed E-state index contributed by atoms with van der Waals surface area (Å²) in [5.41, 5.74) is 6.68. The van der Waals surface area contributed by atoms with Gasteiger partial charge in [-0.1, -0.05) is 0 Å². The maximum atomic E-state index is 8.84. The second-order valence-electron chi connectivity index (χ2n) is 4.53. The molecule has 2 rings (SSSR count). The van der Waals surface area contributed by atoms with Gasteiger partial charge in [0.2, 0.25) is 0 Å². The van der Waals surface area contributed by atoms with E-state index in [2.05, 4.69) is 10.3 Å².